The van der Waals surface area contributed by atoms with E-state index in [1.54, 1.807) is 6.92 Å². The molecule has 0 bridgehead atoms. The van der Waals surface area contributed by atoms with E-state index in [9.17, 15) is 18.3 Å². The molecule has 1 unspecified atom stereocenters. The Labute approximate surface area is 156 Å². The summed E-state index contributed by atoms with van der Waals surface area (Å²) in [6.07, 6.45) is 2.43. The number of aromatic carboxylic acids is 1. The third-order valence-corrected chi connectivity index (χ3v) is 5.28. The minimum absolute atomic E-state index is 0.0495. The fourth-order valence-electron chi connectivity index (χ4n) is 2.46. The lowest BCUT2D eigenvalue weighted by Gasteiger charge is -2.15. The number of nitrogens with one attached hydrogen (secondary N) is 2. The van der Waals surface area contributed by atoms with Crippen molar-refractivity contribution in [3.05, 3.63) is 23.8 Å². The van der Waals surface area contributed by atoms with Gasteiger partial charge in [-0.2, -0.15) is 0 Å². The molecule has 1 atom stereocenters. The van der Waals surface area contributed by atoms with Gasteiger partial charge in [0.2, 0.25) is 10.0 Å². The Morgan fingerprint density at radius 3 is 2.54 bits per heavy atom. The first-order valence-electron chi connectivity index (χ1n) is 8.92. The van der Waals surface area contributed by atoms with E-state index in [1.807, 2.05) is 20.8 Å². The standard InChI is InChI=1S/C18H30N2O5S/c1-5-7-14(4)20-26(23,24)15-8-9-17(16(12-15)18(21)22)19-10-6-11-25-13(2)3/h8-9,12-14,19-20H,5-7,10-11H2,1-4H3,(H,21,22). The van der Waals surface area contributed by atoms with Crippen molar-refractivity contribution in [2.24, 2.45) is 0 Å². The quantitative estimate of drug-likeness (QED) is 0.477. The molecule has 7 nitrogen and oxygen atoms in total. The summed E-state index contributed by atoms with van der Waals surface area (Å²) in [5.74, 6) is -1.18. The van der Waals surface area contributed by atoms with E-state index in [1.165, 1.54) is 18.2 Å². The van der Waals surface area contributed by atoms with Gasteiger partial charge in [0.15, 0.2) is 0 Å². The number of carboxylic acid groups (broad SMARTS) is 1. The molecule has 1 aromatic carbocycles. The zero-order chi connectivity index (χ0) is 19.7. The summed E-state index contributed by atoms with van der Waals surface area (Å²) in [4.78, 5) is 11.5. The molecule has 0 fully saturated rings. The number of sulfonamides is 1. The van der Waals surface area contributed by atoms with Crippen LogP contribution in [0.2, 0.25) is 0 Å². The van der Waals surface area contributed by atoms with Gasteiger partial charge in [-0.3, -0.25) is 0 Å². The Kier molecular flexibility index (Phi) is 9.04. The third kappa shape index (κ3) is 7.31. The molecule has 0 saturated heterocycles. The number of hydrogen-bond acceptors (Lipinski definition) is 5. The van der Waals surface area contributed by atoms with Crippen LogP contribution in [-0.2, 0) is 14.8 Å². The van der Waals surface area contributed by atoms with Gasteiger partial charge in [0.05, 0.1) is 16.6 Å². The van der Waals surface area contributed by atoms with Crippen LogP contribution in [0.15, 0.2) is 23.1 Å². The van der Waals surface area contributed by atoms with Crippen molar-refractivity contribution >= 4 is 21.7 Å². The van der Waals surface area contributed by atoms with E-state index in [0.717, 1.165) is 6.42 Å². The molecule has 0 aromatic heterocycles. The van der Waals surface area contributed by atoms with Gasteiger partial charge in [-0.1, -0.05) is 13.3 Å². The molecule has 0 aliphatic carbocycles. The van der Waals surface area contributed by atoms with Crippen LogP contribution < -0.4 is 10.0 Å². The highest BCUT2D eigenvalue weighted by Crippen LogP contribution is 2.21. The normalized spacial score (nSPS) is 13.0. The maximum Gasteiger partial charge on any atom is 0.337 e. The van der Waals surface area contributed by atoms with E-state index in [0.29, 0.717) is 31.7 Å². The van der Waals surface area contributed by atoms with Gasteiger partial charge in [-0.25, -0.2) is 17.9 Å². The van der Waals surface area contributed by atoms with Gasteiger partial charge < -0.3 is 15.2 Å². The van der Waals surface area contributed by atoms with Crippen molar-refractivity contribution in [2.75, 3.05) is 18.5 Å². The van der Waals surface area contributed by atoms with Crippen LogP contribution in [0.4, 0.5) is 5.69 Å². The number of rotatable bonds is 12. The van der Waals surface area contributed by atoms with Crippen molar-refractivity contribution < 1.29 is 23.1 Å². The predicted molar refractivity (Wildman–Crippen MR) is 102 cm³/mol. The third-order valence-electron chi connectivity index (χ3n) is 3.70. The minimum Gasteiger partial charge on any atom is -0.478 e. The highest BCUT2D eigenvalue weighted by molar-refractivity contribution is 7.89. The maximum atomic E-state index is 12.4. The highest BCUT2D eigenvalue weighted by atomic mass is 32.2. The molecule has 0 aliphatic rings. The Morgan fingerprint density at radius 2 is 1.96 bits per heavy atom. The summed E-state index contributed by atoms with van der Waals surface area (Å²) in [7, 11) is -3.75. The summed E-state index contributed by atoms with van der Waals surface area (Å²) in [5, 5.41) is 12.4. The van der Waals surface area contributed by atoms with Crippen molar-refractivity contribution in [3.8, 4) is 0 Å². The van der Waals surface area contributed by atoms with Crippen molar-refractivity contribution in [2.45, 2.75) is 64.0 Å². The van der Waals surface area contributed by atoms with Gasteiger partial charge in [0, 0.05) is 24.9 Å². The highest BCUT2D eigenvalue weighted by Gasteiger charge is 2.20. The predicted octanol–water partition coefficient (Wildman–Crippen LogP) is 3.08. The Hall–Kier alpha value is -1.64. The van der Waals surface area contributed by atoms with Gasteiger partial charge in [-0.05, 0) is 51.8 Å². The molecule has 0 saturated carbocycles. The Bertz CT molecular complexity index is 689. The summed E-state index contributed by atoms with van der Waals surface area (Å²) >= 11 is 0. The summed E-state index contributed by atoms with van der Waals surface area (Å²) < 4.78 is 32.9. The van der Waals surface area contributed by atoms with E-state index >= 15 is 0 Å². The first-order valence-corrected chi connectivity index (χ1v) is 10.4. The molecule has 26 heavy (non-hydrogen) atoms. The second-order valence-electron chi connectivity index (χ2n) is 6.52. The maximum absolute atomic E-state index is 12.4. The zero-order valence-corrected chi connectivity index (χ0v) is 16.7. The Morgan fingerprint density at radius 1 is 1.27 bits per heavy atom. The fraction of sp³-hybridized carbons (Fsp3) is 0.611. The van der Waals surface area contributed by atoms with E-state index < -0.39 is 16.0 Å². The smallest absolute Gasteiger partial charge is 0.337 e. The van der Waals surface area contributed by atoms with E-state index in [2.05, 4.69) is 10.0 Å². The molecular weight excluding hydrogens is 356 g/mol. The number of carbonyl (C=O) groups is 1. The second kappa shape index (κ2) is 10.5. The Balaban J connectivity index is 2.86. The largest absolute Gasteiger partial charge is 0.478 e. The van der Waals surface area contributed by atoms with Gasteiger partial charge in [0.25, 0.3) is 0 Å². The van der Waals surface area contributed by atoms with Crippen LogP contribution in [0, 0.1) is 0 Å². The summed E-state index contributed by atoms with van der Waals surface area (Å²) in [6, 6.07) is 3.89. The van der Waals surface area contributed by atoms with Gasteiger partial charge in [0.1, 0.15) is 0 Å². The van der Waals surface area contributed by atoms with Gasteiger partial charge >= 0.3 is 5.97 Å². The first-order chi connectivity index (χ1) is 12.2. The first kappa shape index (κ1) is 22.4. The molecule has 1 aromatic rings. The fourth-order valence-corrected chi connectivity index (χ4v) is 3.76. The van der Waals surface area contributed by atoms with Crippen LogP contribution in [0.3, 0.4) is 0 Å². The lowest BCUT2D eigenvalue weighted by Crippen LogP contribution is -2.32. The van der Waals surface area contributed by atoms with Crippen LogP contribution in [0.25, 0.3) is 0 Å². The molecule has 3 N–H and O–H groups in total. The van der Waals surface area contributed by atoms with Crippen LogP contribution in [0.1, 0.15) is 57.3 Å². The second-order valence-corrected chi connectivity index (χ2v) is 8.24. The van der Waals surface area contributed by atoms with Crippen molar-refractivity contribution in [1.82, 2.24) is 4.72 Å². The van der Waals surface area contributed by atoms with E-state index in [-0.39, 0.29) is 22.6 Å². The molecule has 0 heterocycles. The number of benzene rings is 1. The lowest BCUT2D eigenvalue weighted by molar-refractivity contribution is 0.0697. The molecule has 0 aliphatic heterocycles. The molecular formula is C18H30N2O5S. The van der Waals surface area contributed by atoms with Crippen LogP contribution in [0.5, 0.6) is 0 Å². The summed E-state index contributed by atoms with van der Waals surface area (Å²) in [6.45, 7) is 8.76. The SMILES string of the molecule is CCCC(C)NS(=O)(=O)c1ccc(NCCCOC(C)C)c(C(=O)O)c1. The van der Waals surface area contributed by atoms with Crippen molar-refractivity contribution in [1.29, 1.82) is 0 Å². The molecule has 0 spiro atoms. The minimum atomic E-state index is -3.75. The lowest BCUT2D eigenvalue weighted by atomic mass is 10.2. The van der Waals surface area contributed by atoms with Crippen LogP contribution in [-0.4, -0.2) is 44.8 Å². The molecule has 1 rings (SSSR count). The molecule has 0 radical (unpaired) electrons. The topological polar surface area (TPSA) is 105 Å². The van der Waals surface area contributed by atoms with Crippen LogP contribution >= 0.6 is 0 Å². The van der Waals surface area contributed by atoms with E-state index in [4.69, 9.17) is 4.74 Å². The number of hydrogen-bond donors (Lipinski definition) is 3. The number of ether oxygens (including phenoxy) is 1. The summed E-state index contributed by atoms with van der Waals surface area (Å²) in [5.41, 5.74) is 0.323. The number of anilines is 1. The molecule has 0 amide bonds. The van der Waals surface area contributed by atoms with Gasteiger partial charge in [-0.15, -0.1) is 0 Å². The number of carboxylic acids is 1. The zero-order valence-electron chi connectivity index (χ0n) is 15.9. The molecule has 8 heteroatoms. The van der Waals surface area contributed by atoms with Crippen molar-refractivity contribution in [3.63, 3.8) is 0 Å². The monoisotopic (exact) mass is 386 g/mol. The molecule has 148 valence electrons. The average molecular weight is 387 g/mol. The average Bonchev–Trinajstić information content (AvgIpc) is 2.53.